The van der Waals surface area contributed by atoms with Gasteiger partial charge in [-0.1, -0.05) is 0 Å². The van der Waals surface area contributed by atoms with Crippen molar-refractivity contribution in [3.63, 3.8) is 0 Å². The zero-order chi connectivity index (χ0) is 19.7. The van der Waals surface area contributed by atoms with Crippen molar-refractivity contribution in [2.24, 2.45) is 0 Å². The molecule has 0 radical (unpaired) electrons. The topological polar surface area (TPSA) is 18.5 Å². The van der Waals surface area contributed by atoms with Crippen LogP contribution in [0.5, 0.6) is 11.5 Å². The maximum atomic E-state index is 6.74. The Hall–Kier alpha value is -0.899. The van der Waals surface area contributed by atoms with Crippen LogP contribution in [0, 0.1) is 0 Å². The maximum absolute atomic E-state index is 6.74. The zero-order valence-electron chi connectivity index (χ0n) is 17.9. The van der Waals surface area contributed by atoms with Gasteiger partial charge in [-0.05, 0) is 0 Å². The SMILES string of the molecule is COc1cc([O][Ti]([C]2=C([Si](C)(C)C)C=CC2)=[C](C)C)cc(C(C)(C)C)c1. The van der Waals surface area contributed by atoms with E-state index in [1.54, 1.807) is 16.2 Å². The first-order valence-corrected chi connectivity index (χ1v) is 15.1. The molecule has 0 unspecified atom stereocenters. The molecule has 0 N–H and O–H groups in total. The minimum absolute atomic E-state index is 0.0649. The van der Waals surface area contributed by atoms with Crippen LogP contribution in [0.15, 0.2) is 39.4 Å². The van der Waals surface area contributed by atoms with Crippen LogP contribution < -0.4 is 8.06 Å². The van der Waals surface area contributed by atoms with Gasteiger partial charge in [0.05, 0.1) is 0 Å². The van der Waals surface area contributed by atoms with E-state index < -0.39 is 25.9 Å². The molecule has 0 heterocycles. The van der Waals surface area contributed by atoms with Gasteiger partial charge in [0.2, 0.25) is 0 Å². The van der Waals surface area contributed by atoms with Gasteiger partial charge in [0.15, 0.2) is 0 Å². The Morgan fingerprint density at radius 3 is 2.15 bits per heavy atom. The van der Waals surface area contributed by atoms with Gasteiger partial charge in [-0.15, -0.1) is 0 Å². The van der Waals surface area contributed by atoms with Crippen molar-refractivity contribution in [1.82, 2.24) is 0 Å². The molecule has 1 aliphatic carbocycles. The van der Waals surface area contributed by atoms with Crippen molar-refractivity contribution < 1.29 is 25.9 Å². The van der Waals surface area contributed by atoms with E-state index in [0.717, 1.165) is 17.9 Å². The molecule has 1 aromatic rings. The van der Waals surface area contributed by atoms with E-state index in [9.17, 15) is 0 Å². The van der Waals surface area contributed by atoms with Crippen molar-refractivity contribution in [3.05, 3.63) is 45.0 Å². The van der Waals surface area contributed by atoms with Crippen LogP contribution in [0.3, 0.4) is 0 Å². The number of hydrogen-bond donors (Lipinski definition) is 0. The molecule has 142 valence electrons. The quantitative estimate of drug-likeness (QED) is 0.542. The number of hydrogen-bond acceptors (Lipinski definition) is 2. The van der Waals surface area contributed by atoms with Gasteiger partial charge in [0.1, 0.15) is 0 Å². The molecule has 0 bridgehead atoms. The molecule has 2 rings (SSSR count). The van der Waals surface area contributed by atoms with E-state index in [0.29, 0.717) is 0 Å². The fourth-order valence-corrected chi connectivity index (χ4v) is 10.0. The van der Waals surface area contributed by atoms with Gasteiger partial charge in [0, 0.05) is 0 Å². The molecular weight excluding hydrogens is 372 g/mol. The van der Waals surface area contributed by atoms with Crippen molar-refractivity contribution in [2.45, 2.75) is 66.1 Å². The fourth-order valence-electron chi connectivity index (χ4n) is 3.19. The Kier molecular flexibility index (Phi) is 6.58. The molecular formula is C22H34O2SiTi. The Morgan fingerprint density at radius 1 is 1.04 bits per heavy atom. The summed E-state index contributed by atoms with van der Waals surface area (Å²) in [7, 11) is 0.374. The molecule has 0 spiro atoms. The summed E-state index contributed by atoms with van der Waals surface area (Å²) in [5, 5.41) is 1.60. The molecule has 1 aromatic carbocycles. The molecule has 1 aliphatic rings. The number of ether oxygens (including phenoxy) is 1. The molecule has 0 atom stereocenters. The van der Waals surface area contributed by atoms with Gasteiger partial charge < -0.3 is 0 Å². The predicted octanol–water partition coefficient (Wildman–Crippen LogP) is 6.21. The Bertz CT molecular complexity index is 770. The summed E-state index contributed by atoms with van der Waals surface area (Å²) in [5.74, 6) is 1.84. The summed E-state index contributed by atoms with van der Waals surface area (Å²) < 4.78 is 15.3. The van der Waals surface area contributed by atoms with E-state index in [2.05, 4.69) is 78.5 Å². The molecule has 26 heavy (non-hydrogen) atoms. The first kappa shape index (κ1) is 21.4. The Balaban J connectivity index is 2.50. The van der Waals surface area contributed by atoms with Crippen molar-refractivity contribution in [2.75, 3.05) is 7.11 Å². The van der Waals surface area contributed by atoms with E-state index in [-0.39, 0.29) is 5.41 Å². The summed E-state index contributed by atoms with van der Waals surface area (Å²) in [4.78, 5) is 0. The zero-order valence-corrected chi connectivity index (χ0v) is 20.5. The van der Waals surface area contributed by atoms with Crippen LogP contribution in [-0.2, 0) is 23.2 Å². The number of rotatable bonds is 5. The Labute approximate surface area is 167 Å². The first-order valence-electron chi connectivity index (χ1n) is 9.39. The van der Waals surface area contributed by atoms with Crippen LogP contribution in [0.2, 0.25) is 19.6 Å². The Morgan fingerprint density at radius 2 is 1.65 bits per heavy atom. The summed E-state index contributed by atoms with van der Waals surface area (Å²) in [6.45, 7) is 18.5. The average Bonchev–Trinajstić information content (AvgIpc) is 3.00. The third kappa shape index (κ3) is 5.09. The number of benzene rings is 1. The van der Waals surface area contributed by atoms with Crippen molar-refractivity contribution in [3.8, 4) is 11.5 Å². The molecule has 0 aliphatic heterocycles. The second-order valence-corrected chi connectivity index (χ2v) is 18.2. The monoisotopic (exact) mass is 406 g/mol. The third-order valence-electron chi connectivity index (χ3n) is 4.67. The van der Waals surface area contributed by atoms with E-state index in [4.69, 9.17) is 8.06 Å². The summed E-state index contributed by atoms with van der Waals surface area (Å²) in [5.41, 5.74) is 1.32. The molecule has 0 amide bonds. The van der Waals surface area contributed by atoms with Gasteiger partial charge >= 0.3 is 167 Å². The van der Waals surface area contributed by atoms with Crippen LogP contribution >= 0.6 is 0 Å². The van der Waals surface area contributed by atoms with Crippen LogP contribution in [0.1, 0.15) is 46.6 Å². The van der Waals surface area contributed by atoms with E-state index in [1.807, 2.05) is 6.07 Å². The van der Waals surface area contributed by atoms with Crippen LogP contribution in [0.4, 0.5) is 0 Å². The van der Waals surface area contributed by atoms with E-state index in [1.165, 1.54) is 9.37 Å². The summed E-state index contributed by atoms with van der Waals surface area (Å²) in [6, 6.07) is 6.37. The molecule has 2 nitrogen and oxygen atoms in total. The second-order valence-electron chi connectivity index (χ2n) is 9.33. The van der Waals surface area contributed by atoms with Crippen LogP contribution in [-0.4, -0.2) is 19.0 Å². The van der Waals surface area contributed by atoms with Crippen molar-refractivity contribution >= 4 is 11.9 Å². The molecule has 0 fully saturated rings. The standard InChI is InChI=1S/C11H16O2.C8H13Si.C3H6.Ti/c1-11(2,3)8-5-9(12)7-10(6-8)13-4;1-9(2,3)8-6-4-5-7-8;1-3-2;/h5-7,12H,1-4H3;4,6H,5H2,1-3H3;1-2H3;/q;;;+1/p-1. The summed E-state index contributed by atoms with van der Waals surface area (Å²) >= 11 is -1.97. The summed E-state index contributed by atoms with van der Waals surface area (Å²) in [6.07, 6.45) is 5.76. The number of allylic oxidation sites excluding steroid dienone is 4. The second kappa shape index (κ2) is 8.00. The fraction of sp³-hybridized carbons (Fsp3) is 0.500. The molecule has 0 aromatic heterocycles. The normalized spacial score (nSPS) is 14.7. The minimum atomic E-state index is -1.97. The van der Waals surface area contributed by atoms with Crippen molar-refractivity contribution in [1.29, 1.82) is 0 Å². The third-order valence-corrected chi connectivity index (χ3v) is 10.8. The predicted molar refractivity (Wildman–Crippen MR) is 113 cm³/mol. The van der Waals surface area contributed by atoms with Gasteiger partial charge in [-0.3, -0.25) is 0 Å². The molecule has 0 saturated carbocycles. The van der Waals surface area contributed by atoms with E-state index >= 15 is 0 Å². The van der Waals surface area contributed by atoms with Gasteiger partial charge in [-0.2, -0.15) is 0 Å². The van der Waals surface area contributed by atoms with Crippen LogP contribution in [0.25, 0.3) is 0 Å². The van der Waals surface area contributed by atoms with Gasteiger partial charge in [-0.25, -0.2) is 0 Å². The van der Waals surface area contributed by atoms with Gasteiger partial charge in [0.25, 0.3) is 0 Å². The number of methoxy groups -OCH3 is 1. The first-order chi connectivity index (χ1) is 11.9. The average molecular weight is 406 g/mol. The molecule has 4 heteroatoms. The molecule has 0 saturated heterocycles.